The molecule has 0 bridgehead atoms. The predicted molar refractivity (Wildman–Crippen MR) is 66.5 cm³/mol. The first kappa shape index (κ1) is 9.28. The van der Waals surface area contributed by atoms with E-state index in [0.717, 1.165) is 0 Å². The molecule has 0 aliphatic carbocycles. The molecular weight excluding hydrogens is 196 g/mol. The fraction of sp³-hybridized carbons (Fsp3) is 0.143. The summed E-state index contributed by atoms with van der Waals surface area (Å²) in [5.41, 5.74) is 2.42. The van der Waals surface area contributed by atoms with Gasteiger partial charge in [0.1, 0.15) is 0 Å². The Morgan fingerprint density at radius 1 is 0.688 bits per heavy atom. The van der Waals surface area contributed by atoms with Gasteiger partial charge in [0, 0.05) is 35.6 Å². The van der Waals surface area contributed by atoms with Crippen LogP contribution in [0.4, 0.5) is 0 Å². The van der Waals surface area contributed by atoms with Crippen molar-refractivity contribution < 1.29 is 0 Å². The van der Waals surface area contributed by atoms with E-state index in [1.165, 1.54) is 32.7 Å². The summed E-state index contributed by atoms with van der Waals surface area (Å²) in [5.74, 6) is 0. The van der Waals surface area contributed by atoms with Crippen molar-refractivity contribution in [3.8, 4) is 0 Å². The van der Waals surface area contributed by atoms with Crippen LogP contribution in [-0.2, 0) is 0 Å². The van der Waals surface area contributed by atoms with Crippen LogP contribution >= 0.6 is 0 Å². The molecule has 0 unspecified atom stereocenters. The number of pyridine rings is 2. The molecule has 0 saturated heterocycles. The Labute approximate surface area is 94.0 Å². The molecule has 0 saturated carbocycles. The van der Waals surface area contributed by atoms with Crippen molar-refractivity contribution in [1.82, 2.24) is 9.97 Å². The first-order valence-electron chi connectivity index (χ1n) is 5.34. The molecule has 0 aliphatic heterocycles. The van der Waals surface area contributed by atoms with Crippen molar-refractivity contribution in [1.29, 1.82) is 0 Å². The lowest BCUT2D eigenvalue weighted by Crippen LogP contribution is -1.85. The Balaban J connectivity index is 2.54. The van der Waals surface area contributed by atoms with Gasteiger partial charge in [-0.3, -0.25) is 9.97 Å². The van der Waals surface area contributed by atoms with Gasteiger partial charge in [-0.05, 0) is 47.9 Å². The van der Waals surface area contributed by atoms with Gasteiger partial charge < -0.3 is 0 Å². The molecule has 0 N–H and O–H groups in total. The molecule has 16 heavy (non-hydrogen) atoms. The monoisotopic (exact) mass is 208 g/mol. The van der Waals surface area contributed by atoms with Gasteiger partial charge in [0.05, 0.1) is 0 Å². The minimum absolute atomic E-state index is 1.20. The molecule has 0 aliphatic rings. The first-order chi connectivity index (χ1) is 7.75. The minimum atomic E-state index is 1.20. The summed E-state index contributed by atoms with van der Waals surface area (Å²) in [6, 6.07) is 4.39. The molecule has 78 valence electrons. The Morgan fingerprint density at radius 3 is 1.56 bits per heavy atom. The highest BCUT2D eigenvalue weighted by Gasteiger charge is 2.02. The summed E-state index contributed by atoms with van der Waals surface area (Å²) in [5, 5.41) is 4.91. The lowest BCUT2D eigenvalue weighted by Gasteiger charge is -2.05. The highest BCUT2D eigenvalue weighted by atomic mass is 14.6. The van der Waals surface area contributed by atoms with Crippen LogP contribution in [0.5, 0.6) is 0 Å². The molecule has 1 aromatic carbocycles. The van der Waals surface area contributed by atoms with Gasteiger partial charge in [-0.1, -0.05) is 0 Å². The third kappa shape index (κ3) is 1.27. The predicted octanol–water partition coefficient (Wildman–Crippen LogP) is 3.40. The van der Waals surface area contributed by atoms with Crippen molar-refractivity contribution in [3.05, 3.63) is 48.0 Å². The van der Waals surface area contributed by atoms with Crippen molar-refractivity contribution in [2.75, 3.05) is 0 Å². The van der Waals surface area contributed by atoms with E-state index in [9.17, 15) is 0 Å². The molecule has 3 aromatic rings. The number of nitrogens with zero attached hydrogens (tertiary/aromatic N) is 2. The first-order valence-corrected chi connectivity index (χ1v) is 5.34. The van der Waals surface area contributed by atoms with Gasteiger partial charge in [0.15, 0.2) is 0 Å². The fourth-order valence-corrected chi connectivity index (χ4v) is 2.13. The number of fused-ring (bicyclic) bond motifs is 2. The van der Waals surface area contributed by atoms with Crippen LogP contribution in [-0.4, -0.2) is 9.97 Å². The number of aromatic nitrogens is 2. The van der Waals surface area contributed by atoms with E-state index < -0.39 is 0 Å². The van der Waals surface area contributed by atoms with E-state index in [1.807, 2.05) is 24.8 Å². The number of aryl methyl sites for hydroxylation is 2. The molecule has 0 spiro atoms. The van der Waals surface area contributed by atoms with E-state index >= 15 is 0 Å². The van der Waals surface area contributed by atoms with Crippen molar-refractivity contribution in [2.24, 2.45) is 0 Å². The highest BCUT2D eigenvalue weighted by molar-refractivity contribution is 5.99. The molecule has 0 radical (unpaired) electrons. The quantitative estimate of drug-likeness (QED) is 0.529. The normalized spacial score (nSPS) is 11.1. The molecule has 0 fully saturated rings. The third-order valence-corrected chi connectivity index (χ3v) is 3.03. The molecule has 2 heteroatoms. The molecule has 0 atom stereocenters. The third-order valence-electron chi connectivity index (χ3n) is 3.03. The zero-order valence-corrected chi connectivity index (χ0v) is 9.36. The molecule has 2 nitrogen and oxygen atoms in total. The van der Waals surface area contributed by atoms with E-state index in [-0.39, 0.29) is 0 Å². The van der Waals surface area contributed by atoms with Crippen LogP contribution in [0.3, 0.4) is 0 Å². The van der Waals surface area contributed by atoms with Crippen molar-refractivity contribution in [3.63, 3.8) is 0 Å². The zero-order chi connectivity index (χ0) is 11.1. The van der Waals surface area contributed by atoms with Gasteiger partial charge in [-0.25, -0.2) is 0 Å². The van der Waals surface area contributed by atoms with Crippen molar-refractivity contribution >= 4 is 21.5 Å². The maximum absolute atomic E-state index is 4.23. The lowest BCUT2D eigenvalue weighted by molar-refractivity contribution is 1.30. The largest absolute Gasteiger partial charge is 0.264 e. The van der Waals surface area contributed by atoms with E-state index in [0.29, 0.717) is 0 Å². The number of hydrogen-bond acceptors (Lipinski definition) is 2. The summed E-state index contributed by atoms with van der Waals surface area (Å²) < 4.78 is 0. The molecule has 0 amide bonds. The Bertz CT molecular complexity index is 625. The van der Waals surface area contributed by atoms with Crippen LogP contribution in [0.2, 0.25) is 0 Å². The number of rotatable bonds is 0. The highest BCUT2D eigenvalue weighted by Crippen LogP contribution is 2.25. The number of hydrogen-bond donors (Lipinski definition) is 0. The average Bonchev–Trinajstić information content (AvgIpc) is 2.29. The maximum atomic E-state index is 4.23. The fourth-order valence-electron chi connectivity index (χ4n) is 2.13. The van der Waals surface area contributed by atoms with Gasteiger partial charge in [0.2, 0.25) is 0 Å². The zero-order valence-electron chi connectivity index (χ0n) is 9.36. The molecule has 2 aromatic heterocycles. The topological polar surface area (TPSA) is 25.8 Å². The van der Waals surface area contributed by atoms with Gasteiger partial charge in [0.25, 0.3) is 0 Å². The molecule has 3 rings (SSSR count). The van der Waals surface area contributed by atoms with E-state index in [4.69, 9.17) is 0 Å². The smallest absolute Gasteiger partial charge is 0.0346 e. The second kappa shape index (κ2) is 3.27. The van der Waals surface area contributed by atoms with E-state index in [2.05, 4.69) is 35.9 Å². The second-order valence-corrected chi connectivity index (χ2v) is 4.21. The summed E-state index contributed by atoms with van der Waals surface area (Å²) in [6.07, 6.45) is 7.64. The van der Waals surface area contributed by atoms with Crippen LogP contribution in [0.1, 0.15) is 11.1 Å². The Kier molecular flexibility index (Phi) is 1.90. The van der Waals surface area contributed by atoms with Gasteiger partial charge >= 0.3 is 0 Å². The van der Waals surface area contributed by atoms with Gasteiger partial charge in [-0.15, -0.1) is 0 Å². The SMILES string of the molecule is Cc1cncc2cc3c(C)cncc3cc12. The Morgan fingerprint density at radius 2 is 1.12 bits per heavy atom. The minimum Gasteiger partial charge on any atom is -0.264 e. The maximum Gasteiger partial charge on any atom is 0.0346 e. The van der Waals surface area contributed by atoms with Crippen molar-refractivity contribution in [2.45, 2.75) is 13.8 Å². The second-order valence-electron chi connectivity index (χ2n) is 4.21. The summed E-state index contributed by atoms with van der Waals surface area (Å²) in [4.78, 5) is 8.47. The van der Waals surface area contributed by atoms with E-state index in [1.54, 1.807) is 0 Å². The van der Waals surface area contributed by atoms with Crippen LogP contribution in [0.15, 0.2) is 36.9 Å². The average molecular weight is 208 g/mol. The summed E-state index contributed by atoms with van der Waals surface area (Å²) in [6.45, 7) is 4.18. The molecular formula is C14H12N2. The Hall–Kier alpha value is -1.96. The van der Waals surface area contributed by atoms with Crippen LogP contribution in [0, 0.1) is 13.8 Å². The number of benzene rings is 1. The summed E-state index contributed by atoms with van der Waals surface area (Å²) in [7, 11) is 0. The molecule has 2 heterocycles. The van der Waals surface area contributed by atoms with Crippen LogP contribution in [0.25, 0.3) is 21.5 Å². The van der Waals surface area contributed by atoms with Crippen LogP contribution < -0.4 is 0 Å². The van der Waals surface area contributed by atoms with Gasteiger partial charge in [-0.2, -0.15) is 0 Å². The summed E-state index contributed by atoms with van der Waals surface area (Å²) >= 11 is 0. The lowest BCUT2D eigenvalue weighted by atomic mass is 10.0. The standard InChI is InChI=1S/C14H12N2/c1-9-5-15-7-11-4-14-10(2)6-16-8-12(14)3-13(9)11/h3-8H,1-2H3.